The molecule has 0 bridgehead atoms. The molecule has 0 N–H and O–H groups in total. The maximum atomic E-state index is 5.93. The third-order valence-corrected chi connectivity index (χ3v) is 3.73. The van der Waals surface area contributed by atoms with Crippen molar-refractivity contribution in [2.75, 3.05) is 0 Å². The number of hydrogen-bond acceptors (Lipinski definition) is 2. The van der Waals surface area contributed by atoms with Gasteiger partial charge in [0.05, 0.1) is 0 Å². The Morgan fingerprint density at radius 2 is 2.31 bits per heavy atom. The van der Waals surface area contributed by atoms with Crippen molar-refractivity contribution in [2.45, 2.75) is 45.1 Å². The van der Waals surface area contributed by atoms with Crippen LogP contribution in [0.25, 0.3) is 0 Å². The summed E-state index contributed by atoms with van der Waals surface area (Å²) < 4.78 is 6.77. The summed E-state index contributed by atoms with van der Waals surface area (Å²) in [6, 6.07) is 5.81. The van der Waals surface area contributed by atoms with Crippen LogP contribution in [0.5, 0.6) is 5.88 Å². The maximum Gasteiger partial charge on any atom is 0.214 e. The first-order valence-electron chi connectivity index (χ1n) is 6.07. The molecule has 2 unspecified atom stereocenters. The lowest BCUT2D eigenvalue weighted by atomic mass is 9.85. The Kier molecular flexibility index (Phi) is 4.22. The van der Waals surface area contributed by atoms with Crippen molar-refractivity contribution >= 4 is 15.9 Å². The van der Waals surface area contributed by atoms with E-state index in [-0.39, 0.29) is 0 Å². The smallest absolute Gasteiger partial charge is 0.214 e. The van der Waals surface area contributed by atoms with E-state index in [0.717, 1.165) is 16.4 Å². The van der Waals surface area contributed by atoms with Gasteiger partial charge in [-0.25, -0.2) is 4.98 Å². The molecule has 1 aliphatic carbocycles. The molecule has 88 valence electrons. The molecule has 0 aromatic carbocycles. The van der Waals surface area contributed by atoms with Crippen LogP contribution in [0.2, 0.25) is 0 Å². The normalized spacial score (nSPS) is 25.4. The SMILES string of the molecule is CCC1CCCC(Oc2cccc(Br)n2)C1. The first-order valence-corrected chi connectivity index (χ1v) is 6.86. The molecular formula is C13H18BrNO. The maximum absolute atomic E-state index is 5.93. The summed E-state index contributed by atoms with van der Waals surface area (Å²) in [7, 11) is 0. The first kappa shape index (κ1) is 11.9. The van der Waals surface area contributed by atoms with Crippen molar-refractivity contribution < 1.29 is 4.74 Å². The van der Waals surface area contributed by atoms with E-state index in [2.05, 4.69) is 27.8 Å². The van der Waals surface area contributed by atoms with E-state index in [1.807, 2.05) is 18.2 Å². The van der Waals surface area contributed by atoms with E-state index in [9.17, 15) is 0 Å². The fourth-order valence-corrected chi connectivity index (χ4v) is 2.67. The van der Waals surface area contributed by atoms with Gasteiger partial charge in [-0.3, -0.25) is 0 Å². The number of halogens is 1. The van der Waals surface area contributed by atoms with E-state index in [4.69, 9.17) is 4.74 Å². The summed E-state index contributed by atoms with van der Waals surface area (Å²) >= 11 is 3.36. The predicted molar refractivity (Wildman–Crippen MR) is 68.6 cm³/mol. The van der Waals surface area contributed by atoms with Gasteiger partial charge in [0.2, 0.25) is 5.88 Å². The van der Waals surface area contributed by atoms with Crippen molar-refractivity contribution in [3.63, 3.8) is 0 Å². The molecule has 0 radical (unpaired) electrons. The van der Waals surface area contributed by atoms with Gasteiger partial charge in [0, 0.05) is 6.07 Å². The molecule has 0 saturated heterocycles. The van der Waals surface area contributed by atoms with Crippen molar-refractivity contribution in [3.8, 4) is 5.88 Å². The molecule has 0 aliphatic heterocycles. The number of rotatable bonds is 3. The van der Waals surface area contributed by atoms with Gasteiger partial charge in [-0.15, -0.1) is 0 Å². The molecule has 3 heteroatoms. The van der Waals surface area contributed by atoms with Gasteiger partial charge in [0.1, 0.15) is 10.7 Å². The third-order valence-electron chi connectivity index (χ3n) is 3.29. The Hall–Kier alpha value is -0.570. The second-order valence-electron chi connectivity index (χ2n) is 4.48. The monoisotopic (exact) mass is 283 g/mol. The lowest BCUT2D eigenvalue weighted by molar-refractivity contribution is 0.117. The van der Waals surface area contributed by atoms with Crippen LogP contribution >= 0.6 is 15.9 Å². The van der Waals surface area contributed by atoms with Gasteiger partial charge in [-0.1, -0.05) is 25.8 Å². The summed E-state index contributed by atoms with van der Waals surface area (Å²) in [5.74, 6) is 1.59. The Labute approximate surface area is 106 Å². The molecule has 1 aromatic rings. The Morgan fingerprint density at radius 1 is 1.44 bits per heavy atom. The second-order valence-corrected chi connectivity index (χ2v) is 5.29. The van der Waals surface area contributed by atoms with E-state index in [1.54, 1.807) is 0 Å². The van der Waals surface area contributed by atoms with Crippen molar-refractivity contribution in [3.05, 3.63) is 22.8 Å². The number of hydrogen-bond donors (Lipinski definition) is 0. The van der Waals surface area contributed by atoms with Gasteiger partial charge < -0.3 is 4.74 Å². The zero-order valence-corrected chi connectivity index (χ0v) is 11.2. The third kappa shape index (κ3) is 3.21. The standard InChI is InChI=1S/C13H18BrNO/c1-2-10-5-3-6-11(9-10)16-13-8-4-7-12(14)15-13/h4,7-8,10-11H,2-3,5-6,9H2,1H3. The van der Waals surface area contributed by atoms with Gasteiger partial charge in [0.15, 0.2) is 0 Å². The van der Waals surface area contributed by atoms with Gasteiger partial charge in [-0.2, -0.15) is 0 Å². The van der Waals surface area contributed by atoms with Crippen LogP contribution in [0.3, 0.4) is 0 Å². The molecule has 16 heavy (non-hydrogen) atoms. The zero-order chi connectivity index (χ0) is 11.4. The highest BCUT2D eigenvalue weighted by atomic mass is 79.9. The largest absolute Gasteiger partial charge is 0.474 e. The fourth-order valence-electron chi connectivity index (χ4n) is 2.35. The van der Waals surface area contributed by atoms with Crippen LogP contribution in [0, 0.1) is 5.92 Å². The van der Waals surface area contributed by atoms with Gasteiger partial charge in [0.25, 0.3) is 0 Å². The average Bonchev–Trinajstić information content (AvgIpc) is 2.29. The van der Waals surface area contributed by atoms with Crippen LogP contribution < -0.4 is 4.74 Å². The summed E-state index contributed by atoms with van der Waals surface area (Å²) in [6.07, 6.45) is 6.64. The lowest BCUT2D eigenvalue weighted by Gasteiger charge is -2.28. The molecule has 1 aliphatic rings. The summed E-state index contributed by atoms with van der Waals surface area (Å²) in [5.41, 5.74) is 0. The molecule has 2 rings (SSSR count). The fraction of sp³-hybridized carbons (Fsp3) is 0.615. The molecule has 2 nitrogen and oxygen atoms in total. The minimum atomic E-state index is 0.362. The van der Waals surface area contributed by atoms with E-state index < -0.39 is 0 Å². The number of ether oxygens (including phenoxy) is 1. The Bertz CT molecular complexity index is 342. The number of aromatic nitrogens is 1. The van der Waals surface area contributed by atoms with Crippen LogP contribution in [0.15, 0.2) is 22.8 Å². The topological polar surface area (TPSA) is 22.1 Å². The molecule has 1 fully saturated rings. The average molecular weight is 284 g/mol. The van der Waals surface area contributed by atoms with E-state index >= 15 is 0 Å². The highest BCUT2D eigenvalue weighted by Gasteiger charge is 2.22. The lowest BCUT2D eigenvalue weighted by Crippen LogP contribution is -2.25. The van der Waals surface area contributed by atoms with E-state index in [0.29, 0.717) is 6.10 Å². The summed E-state index contributed by atoms with van der Waals surface area (Å²) in [4.78, 5) is 4.31. The highest BCUT2D eigenvalue weighted by molar-refractivity contribution is 9.10. The Balaban J connectivity index is 1.94. The van der Waals surface area contributed by atoms with Crippen LogP contribution in [-0.4, -0.2) is 11.1 Å². The highest BCUT2D eigenvalue weighted by Crippen LogP contribution is 2.29. The summed E-state index contributed by atoms with van der Waals surface area (Å²) in [5, 5.41) is 0. The first-order chi connectivity index (χ1) is 7.78. The van der Waals surface area contributed by atoms with Gasteiger partial charge in [-0.05, 0) is 47.2 Å². The second kappa shape index (κ2) is 5.67. The van der Waals surface area contributed by atoms with Crippen molar-refractivity contribution in [1.82, 2.24) is 4.98 Å². The van der Waals surface area contributed by atoms with Gasteiger partial charge >= 0.3 is 0 Å². The molecule has 1 heterocycles. The van der Waals surface area contributed by atoms with Crippen molar-refractivity contribution in [2.24, 2.45) is 5.92 Å². The number of pyridine rings is 1. The van der Waals surface area contributed by atoms with Crippen LogP contribution in [-0.2, 0) is 0 Å². The minimum absolute atomic E-state index is 0.362. The molecule has 0 amide bonds. The minimum Gasteiger partial charge on any atom is -0.474 e. The Morgan fingerprint density at radius 3 is 3.06 bits per heavy atom. The van der Waals surface area contributed by atoms with Crippen LogP contribution in [0.4, 0.5) is 0 Å². The molecule has 2 atom stereocenters. The van der Waals surface area contributed by atoms with Crippen LogP contribution in [0.1, 0.15) is 39.0 Å². The van der Waals surface area contributed by atoms with E-state index in [1.165, 1.54) is 32.1 Å². The molecular weight excluding hydrogens is 266 g/mol. The predicted octanol–water partition coefficient (Wildman–Crippen LogP) is 4.19. The quantitative estimate of drug-likeness (QED) is 0.776. The molecule has 1 aromatic heterocycles. The molecule has 0 spiro atoms. The zero-order valence-electron chi connectivity index (χ0n) is 9.66. The summed E-state index contributed by atoms with van der Waals surface area (Å²) in [6.45, 7) is 2.27. The molecule has 1 saturated carbocycles. The van der Waals surface area contributed by atoms with Crippen molar-refractivity contribution in [1.29, 1.82) is 0 Å². The number of nitrogens with zero attached hydrogens (tertiary/aromatic N) is 1.